The van der Waals surface area contributed by atoms with Crippen LogP contribution in [0.15, 0.2) is 18.3 Å². The highest BCUT2D eigenvalue weighted by Crippen LogP contribution is 2.23. The van der Waals surface area contributed by atoms with Gasteiger partial charge in [0, 0.05) is 5.88 Å². The fraction of sp³-hybridized carbons (Fsp3) is 0.545. The van der Waals surface area contributed by atoms with Crippen molar-refractivity contribution in [2.24, 2.45) is 5.92 Å². The van der Waals surface area contributed by atoms with E-state index in [9.17, 15) is 4.39 Å². The maximum atomic E-state index is 12.6. The maximum Gasteiger partial charge on any atom is 0.141 e. The first-order valence-electron chi connectivity index (χ1n) is 4.93. The van der Waals surface area contributed by atoms with E-state index in [0.717, 1.165) is 0 Å². The number of rotatable bonds is 4. The number of nitrogens with one attached hydrogen (secondary N) is 1. The number of anilines is 1. The molecular weight excluding hydrogens is 215 g/mol. The van der Waals surface area contributed by atoms with E-state index >= 15 is 0 Å². The van der Waals surface area contributed by atoms with Gasteiger partial charge in [0.25, 0.3) is 0 Å². The van der Waals surface area contributed by atoms with Crippen LogP contribution in [0.4, 0.5) is 10.2 Å². The van der Waals surface area contributed by atoms with Crippen LogP contribution in [0.25, 0.3) is 0 Å². The molecule has 0 aliphatic carbocycles. The van der Waals surface area contributed by atoms with Gasteiger partial charge in [-0.15, -0.1) is 11.6 Å². The molecule has 0 spiro atoms. The first kappa shape index (κ1) is 12.2. The van der Waals surface area contributed by atoms with E-state index in [4.69, 9.17) is 11.6 Å². The number of pyridine rings is 1. The summed E-state index contributed by atoms with van der Waals surface area (Å²) >= 11 is 5.92. The van der Waals surface area contributed by atoms with Gasteiger partial charge in [-0.05, 0) is 25.0 Å². The van der Waals surface area contributed by atoms with Crippen LogP contribution >= 0.6 is 11.6 Å². The Balaban J connectivity index is 2.79. The molecule has 1 aromatic heterocycles. The number of aromatic nitrogens is 1. The molecule has 0 aromatic carbocycles. The van der Waals surface area contributed by atoms with E-state index in [1.165, 1.54) is 12.3 Å². The molecule has 0 saturated carbocycles. The molecule has 0 aliphatic rings. The van der Waals surface area contributed by atoms with E-state index in [1.54, 1.807) is 6.07 Å². The van der Waals surface area contributed by atoms with Gasteiger partial charge < -0.3 is 5.32 Å². The Kier molecular flexibility index (Phi) is 3.91. The van der Waals surface area contributed by atoms with E-state index in [1.807, 2.05) is 6.92 Å². The Bertz CT molecular complexity index is 313. The van der Waals surface area contributed by atoms with Crippen molar-refractivity contribution in [3.05, 3.63) is 24.1 Å². The number of hydrogen-bond acceptors (Lipinski definition) is 2. The number of alkyl halides is 1. The second-order valence-corrected chi connectivity index (χ2v) is 4.46. The lowest BCUT2D eigenvalue weighted by atomic mass is 9.90. The van der Waals surface area contributed by atoms with Crippen LogP contribution in [0, 0.1) is 11.7 Å². The van der Waals surface area contributed by atoms with E-state index in [0.29, 0.717) is 17.6 Å². The molecule has 4 heteroatoms. The van der Waals surface area contributed by atoms with Crippen LogP contribution < -0.4 is 5.32 Å². The summed E-state index contributed by atoms with van der Waals surface area (Å²) in [6.07, 6.45) is 1.19. The number of nitrogens with zero attached hydrogens (tertiary/aromatic N) is 1. The lowest BCUT2D eigenvalue weighted by molar-refractivity contribution is 0.411. The third kappa shape index (κ3) is 3.06. The van der Waals surface area contributed by atoms with Crippen LogP contribution in [0.3, 0.4) is 0 Å². The normalized spacial score (nSPS) is 15.1. The molecule has 0 saturated heterocycles. The SMILES string of the molecule is CC(C)C(C)(CCl)Nc1ccc(F)cn1. The summed E-state index contributed by atoms with van der Waals surface area (Å²) in [6.45, 7) is 6.19. The fourth-order valence-electron chi connectivity index (χ4n) is 1.07. The van der Waals surface area contributed by atoms with Gasteiger partial charge in [0.05, 0.1) is 11.7 Å². The summed E-state index contributed by atoms with van der Waals surface area (Å²) < 4.78 is 12.6. The minimum Gasteiger partial charge on any atom is -0.363 e. The predicted molar refractivity (Wildman–Crippen MR) is 61.8 cm³/mol. The average Bonchev–Trinajstić information content (AvgIpc) is 2.21. The summed E-state index contributed by atoms with van der Waals surface area (Å²) in [6, 6.07) is 2.99. The minimum absolute atomic E-state index is 0.230. The lowest BCUT2D eigenvalue weighted by Crippen LogP contribution is -2.42. The lowest BCUT2D eigenvalue weighted by Gasteiger charge is -2.33. The van der Waals surface area contributed by atoms with Crippen LogP contribution in [-0.2, 0) is 0 Å². The van der Waals surface area contributed by atoms with Gasteiger partial charge in [-0.25, -0.2) is 9.37 Å². The molecule has 0 amide bonds. The molecule has 15 heavy (non-hydrogen) atoms. The second-order valence-electron chi connectivity index (χ2n) is 4.19. The van der Waals surface area contributed by atoms with Crippen molar-refractivity contribution < 1.29 is 4.39 Å². The molecule has 1 N–H and O–H groups in total. The molecule has 2 nitrogen and oxygen atoms in total. The molecule has 1 heterocycles. The van der Waals surface area contributed by atoms with Crippen molar-refractivity contribution in [1.29, 1.82) is 0 Å². The summed E-state index contributed by atoms with van der Waals surface area (Å²) in [7, 11) is 0. The Morgan fingerprint density at radius 2 is 2.20 bits per heavy atom. The Morgan fingerprint density at radius 3 is 2.60 bits per heavy atom. The minimum atomic E-state index is -0.335. The molecular formula is C11H16ClFN2. The van der Waals surface area contributed by atoms with Crippen LogP contribution in [-0.4, -0.2) is 16.4 Å². The first-order valence-corrected chi connectivity index (χ1v) is 5.47. The van der Waals surface area contributed by atoms with E-state index < -0.39 is 0 Å². The molecule has 1 atom stereocenters. The summed E-state index contributed by atoms with van der Waals surface area (Å²) in [4.78, 5) is 3.95. The van der Waals surface area contributed by atoms with Crippen molar-refractivity contribution in [2.45, 2.75) is 26.3 Å². The zero-order chi connectivity index (χ0) is 11.5. The smallest absolute Gasteiger partial charge is 0.141 e. The van der Waals surface area contributed by atoms with Crippen LogP contribution in [0.2, 0.25) is 0 Å². The number of hydrogen-bond donors (Lipinski definition) is 1. The van der Waals surface area contributed by atoms with Crippen molar-refractivity contribution in [2.75, 3.05) is 11.2 Å². The molecule has 1 aromatic rings. The Labute approximate surface area is 94.9 Å². The molecule has 0 radical (unpaired) electrons. The van der Waals surface area contributed by atoms with Gasteiger partial charge in [0.15, 0.2) is 0 Å². The van der Waals surface area contributed by atoms with Gasteiger partial charge in [0.1, 0.15) is 11.6 Å². The van der Waals surface area contributed by atoms with Crippen LogP contribution in [0.1, 0.15) is 20.8 Å². The molecule has 1 rings (SSSR count). The topological polar surface area (TPSA) is 24.9 Å². The predicted octanol–water partition coefficient (Wildman–Crippen LogP) is 3.29. The second kappa shape index (κ2) is 4.79. The van der Waals surface area contributed by atoms with E-state index in [2.05, 4.69) is 24.1 Å². The highest BCUT2D eigenvalue weighted by Gasteiger charge is 2.27. The molecule has 0 fully saturated rings. The standard InChI is InChI=1S/C11H16ClFN2/c1-8(2)11(3,7-12)15-10-5-4-9(13)6-14-10/h4-6,8H,7H2,1-3H3,(H,14,15). The summed E-state index contributed by atoms with van der Waals surface area (Å²) in [5.74, 6) is 1.15. The quantitative estimate of drug-likeness (QED) is 0.803. The van der Waals surface area contributed by atoms with Gasteiger partial charge in [-0.3, -0.25) is 0 Å². The highest BCUT2D eigenvalue weighted by atomic mass is 35.5. The third-order valence-electron chi connectivity index (χ3n) is 2.69. The van der Waals surface area contributed by atoms with Crippen molar-refractivity contribution in [1.82, 2.24) is 4.98 Å². The zero-order valence-electron chi connectivity index (χ0n) is 9.22. The monoisotopic (exact) mass is 230 g/mol. The van der Waals surface area contributed by atoms with Gasteiger partial charge >= 0.3 is 0 Å². The molecule has 0 bridgehead atoms. The van der Waals surface area contributed by atoms with E-state index in [-0.39, 0.29) is 11.4 Å². The van der Waals surface area contributed by atoms with Crippen molar-refractivity contribution in [3.8, 4) is 0 Å². The fourth-order valence-corrected chi connectivity index (χ4v) is 1.45. The maximum absolute atomic E-state index is 12.6. The number of halogens is 2. The Morgan fingerprint density at radius 1 is 1.53 bits per heavy atom. The molecule has 84 valence electrons. The average molecular weight is 231 g/mol. The largest absolute Gasteiger partial charge is 0.363 e. The molecule has 1 unspecified atom stereocenters. The summed E-state index contributed by atoms with van der Waals surface area (Å²) in [5, 5.41) is 3.22. The van der Waals surface area contributed by atoms with Gasteiger partial charge in [0.2, 0.25) is 0 Å². The molecule has 0 aliphatic heterocycles. The highest BCUT2D eigenvalue weighted by molar-refractivity contribution is 6.18. The summed E-state index contributed by atoms with van der Waals surface area (Å²) in [5.41, 5.74) is -0.230. The Hall–Kier alpha value is -0.830. The third-order valence-corrected chi connectivity index (χ3v) is 3.25. The van der Waals surface area contributed by atoms with Gasteiger partial charge in [-0.1, -0.05) is 13.8 Å². The van der Waals surface area contributed by atoms with Crippen molar-refractivity contribution >= 4 is 17.4 Å². The van der Waals surface area contributed by atoms with Gasteiger partial charge in [-0.2, -0.15) is 0 Å². The van der Waals surface area contributed by atoms with Crippen molar-refractivity contribution in [3.63, 3.8) is 0 Å². The van der Waals surface area contributed by atoms with Crippen LogP contribution in [0.5, 0.6) is 0 Å². The first-order chi connectivity index (χ1) is 6.98. The zero-order valence-corrected chi connectivity index (χ0v) is 9.98.